The molecule has 2 nitrogen and oxygen atoms in total. The Balaban J connectivity index is 1.96. The lowest BCUT2D eigenvalue weighted by molar-refractivity contribution is 0.243. The summed E-state index contributed by atoms with van der Waals surface area (Å²) in [7, 11) is 0. The summed E-state index contributed by atoms with van der Waals surface area (Å²) in [5.41, 5.74) is 4.75. The van der Waals surface area contributed by atoms with Crippen molar-refractivity contribution in [2.24, 2.45) is 0 Å². The van der Waals surface area contributed by atoms with Crippen LogP contribution < -0.4 is 5.32 Å². The van der Waals surface area contributed by atoms with Crippen LogP contribution in [0.2, 0.25) is 5.02 Å². The van der Waals surface area contributed by atoms with E-state index in [0.717, 1.165) is 24.7 Å². The molecule has 4 rings (SSSR count). The van der Waals surface area contributed by atoms with Gasteiger partial charge in [-0.25, -0.2) is 0 Å². The van der Waals surface area contributed by atoms with Crippen molar-refractivity contribution in [3.8, 4) is 0 Å². The summed E-state index contributed by atoms with van der Waals surface area (Å²) in [6, 6.07) is 0. The van der Waals surface area contributed by atoms with Gasteiger partial charge in [-0.3, -0.25) is 0 Å². The summed E-state index contributed by atoms with van der Waals surface area (Å²) < 4.78 is 2.36. The van der Waals surface area contributed by atoms with Gasteiger partial charge >= 0.3 is 0 Å². The first-order chi connectivity index (χ1) is 8.30. The van der Waals surface area contributed by atoms with Crippen LogP contribution in [0.5, 0.6) is 0 Å². The lowest BCUT2D eigenvalue weighted by Gasteiger charge is -2.44. The lowest BCUT2D eigenvalue weighted by atomic mass is 9.60. The number of halogens is 1. The maximum absolute atomic E-state index is 6.52. The van der Waals surface area contributed by atoms with Crippen LogP contribution >= 0.6 is 11.6 Å². The van der Waals surface area contributed by atoms with Gasteiger partial charge in [-0.2, -0.15) is 0 Å². The molecule has 1 aliphatic heterocycles. The fraction of sp³-hybridized carbons (Fsp3) is 0.571. The predicted octanol–water partition coefficient (Wildman–Crippen LogP) is 2.95. The first-order valence-corrected chi connectivity index (χ1v) is 6.97. The summed E-state index contributed by atoms with van der Waals surface area (Å²) >= 11 is 6.52. The molecule has 0 saturated heterocycles. The molecule has 2 heterocycles. The van der Waals surface area contributed by atoms with Crippen molar-refractivity contribution in [3.63, 3.8) is 0 Å². The number of fused-ring (bicyclic) bond motifs is 1. The standard InChI is InChI=1S/C14H17ClN2/c15-11-9-17-7-6-16-8-10-2-5-14(3-1-4-14)12(11)13(10)17/h2,9,16H,1,3-8H2. The molecule has 1 N–H and O–H groups in total. The van der Waals surface area contributed by atoms with Crippen molar-refractivity contribution in [1.29, 1.82) is 0 Å². The Hall–Kier alpha value is -0.730. The van der Waals surface area contributed by atoms with Gasteiger partial charge < -0.3 is 9.88 Å². The molecule has 17 heavy (non-hydrogen) atoms. The Labute approximate surface area is 107 Å². The molecule has 3 heteroatoms. The highest BCUT2D eigenvalue weighted by Gasteiger charge is 2.44. The van der Waals surface area contributed by atoms with Gasteiger partial charge in [0.15, 0.2) is 0 Å². The van der Waals surface area contributed by atoms with Crippen molar-refractivity contribution >= 4 is 17.2 Å². The maximum atomic E-state index is 6.52. The second kappa shape index (κ2) is 3.39. The lowest BCUT2D eigenvalue weighted by Crippen LogP contribution is -2.36. The number of nitrogens with zero attached hydrogens (tertiary/aromatic N) is 1. The number of aromatic nitrogens is 1. The Kier molecular flexibility index (Phi) is 2.04. The number of hydrogen-bond donors (Lipinski definition) is 1. The minimum Gasteiger partial charge on any atom is -0.345 e. The second-order valence-corrected chi connectivity index (χ2v) is 6.05. The van der Waals surface area contributed by atoms with E-state index in [2.05, 4.69) is 22.2 Å². The molecule has 2 aliphatic carbocycles. The van der Waals surface area contributed by atoms with E-state index >= 15 is 0 Å². The van der Waals surface area contributed by atoms with Gasteiger partial charge in [0, 0.05) is 36.8 Å². The van der Waals surface area contributed by atoms with E-state index in [4.69, 9.17) is 11.6 Å². The zero-order valence-electron chi connectivity index (χ0n) is 9.93. The highest BCUT2D eigenvalue weighted by atomic mass is 35.5. The van der Waals surface area contributed by atoms with Gasteiger partial charge in [-0.15, -0.1) is 0 Å². The summed E-state index contributed by atoms with van der Waals surface area (Å²) in [5.74, 6) is 0. The van der Waals surface area contributed by atoms with Crippen LogP contribution in [0.4, 0.5) is 0 Å². The van der Waals surface area contributed by atoms with E-state index in [1.165, 1.54) is 42.5 Å². The molecule has 0 radical (unpaired) electrons. The minimum atomic E-state index is 0.394. The largest absolute Gasteiger partial charge is 0.345 e. The monoisotopic (exact) mass is 248 g/mol. The number of hydrogen-bond acceptors (Lipinski definition) is 1. The van der Waals surface area contributed by atoms with Crippen molar-refractivity contribution in [1.82, 2.24) is 9.88 Å². The minimum absolute atomic E-state index is 0.394. The van der Waals surface area contributed by atoms with E-state index in [1.807, 2.05) is 0 Å². The molecular formula is C14H17ClN2. The van der Waals surface area contributed by atoms with Crippen LogP contribution in [0.25, 0.3) is 5.57 Å². The zero-order valence-corrected chi connectivity index (χ0v) is 10.7. The maximum Gasteiger partial charge on any atom is 0.0626 e. The Morgan fingerprint density at radius 1 is 1.35 bits per heavy atom. The molecule has 0 bridgehead atoms. The van der Waals surface area contributed by atoms with Crippen LogP contribution in [-0.4, -0.2) is 17.7 Å². The first kappa shape index (κ1) is 10.2. The topological polar surface area (TPSA) is 17.0 Å². The molecule has 0 atom stereocenters. The van der Waals surface area contributed by atoms with Crippen LogP contribution in [-0.2, 0) is 12.0 Å². The fourth-order valence-corrected chi connectivity index (χ4v) is 4.11. The summed E-state index contributed by atoms with van der Waals surface area (Å²) in [4.78, 5) is 0. The van der Waals surface area contributed by atoms with Crippen molar-refractivity contribution in [2.75, 3.05) is 13.1 Å². The Bertz CT molecular complexity index is 509. The first-order valence-electron chi connectivity index (χ1n) is 6.59. The van der Waals surface area contributed by atoms with Crippen molar-refractivity contribution in [2.45, 2.75) is 37.6 Å². The van der Waals surface area contributed by atoms with Gasteiger partial charge in [0.2, 0.25) is 0 Å². The van der Waals surface area contributed by atoms with Crippen LogP contribution in [0.15, 0.2) is 12.3 Å². The molecule has 0 aromatic carbocycles. The molecule has 1 aromatic rings. The van der Waals surface area contributed by atoms with E-state index < -0.39 is 0 Å². The third-order valence-electron chi connectivity index (χ3n) is 4.76. The molecule has 1 spiro atoms. The van der Waals surface area contributed by atoms with Crippen LogP contribution in [0.3, 0.4) is 0 Å². The van der Waals surface area contributed by atoms with E-state index in [9.17, 15) is 0 Å². The molecule has 90 valence electrons. The smallest absolute Gasteiger partial charge is 0.0626 e. The third kappa shape index (κ3) is 1.26. The third-order valence-corrected chi connectivity index (χ3v) is 5.05. The van der Waals surface area contributed by atoms with Gasteiger partial charge in [0.1, 0.15) is 0 Å². The quantitative estimate of drug-likeness (QED) is 0.747. The Morgan fingerprint density at radius 2 is 2.24 bits per heavy atom. The molecular weight excluding hydrogens is 232 g/mol. The van der Waals surface area contributed by atoms with Crippen LogP contribution in [0, 0.1) is 0 Å². The van der Waals surface area contributed by atoms with Crippen LogP contribution in [0.1, 0.15) is 36.9 Å². The van der Waals surface area contributed by atoms with E-state index in [0.29, 0.717) is 5.41 Å². The molecule has 3 aliphatic rings. The highest BCUT2D eigenvalue weighted by Crippen LogP contribution is 2.54. The van der Waals surface area contributed by atoms with E-state index in [-0.39, 0.29) is 0 Å². The van der Waals surface area contributed by atoms with Gasteiger partial charge in [0.25, 0.3) is 0 Å². The highest BCUT2D eigenvalue weighted by molar-refractivity contribution is 6.31. The number of nitrogens with one attached hydrogen (secondary N) is 1. The SMILES string of the molecule is Clc1cn2c3c1C1(CC=C3CNCC2)CCC1. The molecule has 1 aromatic heterocycles. The van der Waals surface area contributed by atoms with Crippen molar-refractivity contribution < 1.29 is 0 Å². The summed E-state index contributed by atoms with van der Waals surface area (Å²) in [6.45, 7) is 3.09. The van der Waals surface area contributed by atoms with Gasteiger partial charge in [0.05, 0.1) is 10.7 Å². The normalized spacial score (nSPS) is 24.9. The van der Waals surface area contributed by atoms with E-state index in [1.54, 1.807) is 0 Å². The summed E-state index contributed by atoms with van der Waals surface area (Å²) in [5, 5.41) is 4.50. The number of allylic oxidation sites excluding steroid dienone is 1. The van der Waals surface area contributed by atoms with Gasteiger partial charge in [-0.05, 0) is 24.8 Å². The molecule has 1 saturated carbocycles. The average Bonchev–Trinajstić information content (AvgIpc) is 2.49. The number of rotatable bonds is 0. The molecule has 1 fully saturated rings. The zero-order chi connectivity index (χ0) is 11.5. The molecule has 0 amide bonds. The fourth-order valence-electron chi connectivity index (χ4n) is 3.70. The predicted molar refractivity (Wildman–Crippen MR) is 70.4 cm³/mol. The Morgan fingerprint density at radius 3 is 3.00 bits per heavy atom. The van der Waals surface area contributed by atoms with Crippen molar-refractivity contribution in [3.05, 3.63) is 28.6 Å². The summed E-state index contributed by atoms with van der Waals surface area (Å²) in [6.07, 6.45) is 9.80. The average molecular weight is 249 g/mol. The van der Waals surface area contributed by atoms with Gasteiger partial charge in [-0.1, -0.05) is 24.1 Å². The second-order valence-electron chi connectivity index (χ2n) is 5.64. The molecule has 0 unspecified atom stereocenters.